The van der Waals surface area contributed by atoms with Crippen LogP contribution in [0.2, 0.25) is 10.0 Å². The van der Waals surface area contributed by atoms with Crippen LogP contribution in [-0.2, 0) is 9.59 Å². The lowest BCUT2D eigenvalue weighted by Crippen LogP contribution is -2.27. The van der Waals surface area contributed by atoms with Crippen LogP contribution in [0.15, 0.2) is 47.4 Å². The topological polar surface area (TPSA) is 66.8 Å². The number of hydrogen-bond donors (Lipinski definition) is 1. The van der Waals surface area contributed by atoms with Crippen molar-refractivity contribution in [2.24, 2.45) is 0 Å². The number of thiocarbonyl (C=S) groups is 1. The van der Waals surface area contributed by atoms with Gasteiger partial charge >= 0.3 is 5.97 Å². The normalized spacial score (nSPS) is 16.4. The number of carbonyl (C=O) groups excluding carboxylic acids is 1. The van der Waals surface area contributed by atoms with Gasteiger partial charge in [-0.1, -0.05) is 66.2 Å². The van der Waals surface area contributed by atoms with Crippen molar-refractivity contribution >= 4 is 75.1 Å². The highest BCUT2D eigenvalue weighted by Crippen LogP contribution is 2.38. The summed E-state index contributed by atoms with van der Waals surface area (Å²) >= 11 is 18.5. The first kappa shape index (κ1) is 21.6. The Morgan fingerprint density at radius 3 is 2.52 bits per heavy atom. The first-order valence-corrected chi connectivity index (χ1v) is 10.5. The van der Waals surface area contributed by atoms with Gasteiger partial charge in [-0.2, -0.15) is 0 Å². The number of anilines is 1. The average molecular weight is 468 g/mol. The number of nitrogens with zero attached hydrogens (tertiary/aromatic N) is 1. The molecule has 1 saturated heterocycles. The van der Waals surface area contributed by atoms with Crippen molar-refractivity contribution in [3.63, 3.8) is 0 Å². The zero-order valence-electron chi connectivity index (χ0n) is 15.1. The maximum absolute atomic E-state index is 12.8. The molecular formula is C20H15Cl2NO4S2. The maximum atomic E-state index is 12.8. The molecule has 0 aliphatic carbocycles. The minimum absolute atomic E-state index is 0.254. The zero-order chi connectivity index (χ0) is 21.1. The van der Waals surface area contributed by atoms with Gasteiger partial charge in [-0.3, -0.25) is 9.69 Å². The molecule has 9 heteroatoms. The Hall–Kier alpha value is -2.06. The average Bonchev–Trinajstić information content (AvgIpc) is 2.96. The predicted molar refractivity (Wildman–Crippen MR) is 121 cm³/mol. The van der Waals surface area contributed by atoms with E-state index >= 15 is 0 Å². The van der Waals surface area contributed by atoms with Gasteiger partial charge in [-0.05, 0) is 48.4 Å². The smallest absolute Gasteiger partial charge is 0.344 e. The van der Waals surface area contributed by atoms with E-state index in [1.165, 1.54) is 16.7 Å². The summed E-state index contributed by atoms with van der Waals surface area (Å²) in [5.74, 6) is -0.821. The molecule has 1 fully saturated rings. The molecule has 0 bridgehead atoms. The summed E-state index contributed by atoms with van der Waals surface area (Å²) in [7, 11) is 0. The summed E-state index contributed by atoms with van der Waals surface area (Å²) in [6, 6.07) is 11.7. The van der Waals surface area contributed by atoms with Crippen LogP contribution in [0.5, 0.6) is 5.75 Å². The fourth-order valence-corrected chi connectivity index (χ4v) is 4.17. The van der Waals surface area contributed by atoms with Crippen molar-refractivity contribution in [3.8, 4) is 5.75 Å². The van der Waals surface area contributed by atoms with Gasteiger partial charge in [0.15, 0.2) is 10.4 Å². The molecule has 150 valence electrons. The monoisotopic (exact) mass is 467 g/mol. The van der Waals surface area contributed by atoms with Gasteiger partial charge < -0.3 is 9.84 Å². The number of carboxylic acid groups (broad SMARTS) is 1. The molecule has 5 nitrogen and oxygen atoms in total. The minimum atomic E-state index is -1.01. The predicted octanol–water partition coefficient (Wildman–Crippen LogP) is 5.64. The first-order valence-electron chi connectivity index (χ1n) is 8.52. The molecule has 1 aliphatic heterocycles. The van der Waals surface area contributed by atoms with Crippen LogP contribution >= 0.6 is 47.2 Å². The molecule has 0 saturated carbocycles. The fraction of sp³-hybridized carbons (Fsp3) is 0.150. The SMILES string of the molecule is CCC(Oc1ccc(/C=C2/SC(=S)N(c3ccc(Cl)c(Cl)c3)C2=O)cc1)C(=O)O. The molecule has 3 rings (SSSR count). The molecular weight excluding hydrogens is 453 g/mol. The first-order chi connectivity index (χ1) is 13.8. The highest BCUT2D eigenvalue weighted by Gasteiger charge is 2.33. The fourth-order valence-electron chi connectivity index (χ4n) is 2.58. The molecule has 29 heavy (non-hydrogen) atoms. The summed E-state index contributed by atoms with van der Waals surface area (Å²) in [6.07, 6.45) is 1.17. The molecule has 0 radical (unpaired) electrons. The van der Waals surface area contributed by atoms with E-state index in [0.29, 0.717) is 37.1 Å². The Labute approximate surface area is 187 Å². The minimum Gasteiger partial charge on any atom is -0.479 e. The number of rotatable bonds is 6. The van der Waals surface area contributed by atoms with Crippen LogP contribution in [0.4, 0.5) is 5.69 Å². The van der Waals surface area contributed by atoms with Crippen molar-refractivity contribution in [2.45, 2.75) is 19.4 Å². The summed E-state index contributed by atoms with van der Waals surface area (Å²) in [4.78, 5) is 25.8. The zero-order valence-corrected chi connectivity index (χ0v) is 18.2. The number of ether oxygens (including phenoxy) is 1. The van der Waals surface area contributed by atoms with E-state index in [1.807, 2.05) is 0 Å². The second-order valence-corrected chi connectivity index (χ2v) is 8.53. The van der Waals surface area contributed by atoms with E-state index in [-0.39, 0.29) is 5.91 Å². The Kier molecular flexibility index (Phi) is 6.85. The second kappa shape index (κ2) is 9.17. The number of aliphatic carboxylic acids is 1. The largest absolute Gasteiger partial charge is 0.479 e. The lowest BCUT2D eigenvalue weighted by Gasteiger charge is -2.15. The number of amides is 1. The van der Waals surface area contributed by atoms with E-state index in [4.69, 9.17) is 45.3 Å². The molecule has 0 aromatic heterocycles. The Morgan fingerprint density at radius 2 is 1.93 bits per heavy atom. The number of halogens is 2. The van der Waals surface area contributed by atoms with Gasteiger partial charge in [0.1, 0.15) is 5.75 Å². The maximum Gasteiger partial charge on any atom is 0.344 e. The standard InChI is InChI=1S/C20H15Cl2NO4S2/c1-2-16(19(25)26)27-13-6-3-11(4-7-13)9-17-18(24)23(20(28)29-17)12-5-8-14(21)15(22)10-12/h3-10,16H,2H2,1H3,(H,25,26)/b17-9+. The van der Waals surface area contributed by atoms with Crippen LogP contribution < -0.4 is 9.64 Å². The van der Waals surface area contributed by atoms with Gasteiger partial charge in [0, 0.05) is 0 Å². The lowest BCUT2D eigenvalue weighted by atomic mass is 10.2. The third kappa shape index (κ3) is 4.93. The lowest BCUT2D eigenvalue weighted by molar-refractivity contribution is -0.145. The van der Waals surface area contributed by atoms with Crippen LogP contribution in [0.25, 0.3) is 6.08 Å². The Morgan fingerprint density at radius 1 is 1.24 bits per heavy atom. The molecule has 1 aliphatic rings. The molecule has 1 N–H and O–H groups in total. The second-order valence-electron chi connectivity index (χ2n) is 6.04. The van der Waals surface area contributed by atoms with E-state index in [2.05, 4.69) is 0 Å². The van der Waals surface area contributed by atoms with Gasteiger partial charge in [-0.15, -0.1) is 0 Å². The van der Waals surface area contributed by atoms with Gasteiger partial charge in [0.05, 0.1) is 20.6 Å². The van der Waals surface area contributed by atoms with Crippen molar-refractivity contribution < 1.29 is 19.4 Å². The quantitative estimate of drug-likeness (QED) is 0.437. The van der Waals surface area contributed by atoms with Crippen LogP contribution in [-0.4, -0.2) is 27.4 Å². The number of carboxylic acids is 1. The van der Waals surface area contributed by atoms with Crippen LogP contribution in [0, 0.1) is 0 Å². The third-order valence-corrected chi connectivity index (χ3v) is 6.10. The highest BCUT2D eigenvalue weighted by molar-refractivity contribution is 8.27. The number of thioether (sulfide) groups is 1. The number of hydrogen-bond acceptors (Lipinski definition) is 5. The van der Waals surface area contributed by atoms with Crippen molar-refractivity contribution in [1.29, 1.82) is 0 Å². The van der Waals surface area contributed by atoms with E-state index in [9.17, 15) is 9.59 Å². The molecule has 1 heterocycles. The van der Waals surface area contributed by atoms with E-state index in [1.54, 1.807) is 55.5 Å². The van der Waals surface area contributed by atoms with Gasteiger partial charge in [0.25, 0.3) is 5.91 Å². The van der Waals surface area contributed by atoms with E-state index < -0.39 is 12.1 Å². The third-order valence-electron chi connectivity index (χ3n) is 4.06. The van der Waals surface area contributed by atoms with Crippen LogP contribution in [0.1, 0.15) is 18.9 Å². The van der Waals surface area contributed by atoms with Crippen LogP contribution in [0.3, 0.4) is 0 Å². The van der Waals surface area contributed by atoms with Gasteiger partial charge in [-0.25, -0.2) is 4.79 Å². The number of benzene rings is 2. The van der Waals surface area contributed by atoms with Gasteiger partial charge in [0.2, 0.25) is 0 Å². The highest BCUT2D eigenvalue weighted by atomic mass is 35.5. The molecule has 2 aromatic carbocycles. The summed E-state index contributed by atoms with van der Waals surface area (Å²) in [5.41, 5.74) is 1.31. The molecule has 1 amide bonds. The molecule has 0 spiro atoms. The number of carbonyl (C=O) groups is 2. The Balaban J connectivity index is 1.78. The summed E-state index contributed by atoms with van der Waals surface area (Å²) in [6.45, 7) is 1.74. The molecule has 2 aromatic rings. The van der Waals surface area contributed by atoms with Crippen molar-refractivity contribution in [1.82, 2.24) is 0 Å². The van der Waals surface area contributed by atoms with Crippen molar-refractivity contribution in [3.05, 3.63) is 63.0 Å². The van der Waals surface area contributed by atoms with E-state index in [0.717, 1.165) is 5.56 Å². The molecule has 1 atom stereocenters. The molecule has 1 unspecified atom stereocenters. The Bertz CT molecular complexity index is 1010. The summed E-state index contributed by atoms with van der Waals surface area (Å²) in [5, 5.41) is 9.81. The van der Waals surface area contributed by atoms with Crippen molar-refractivity contribution in [2.75, 3.05) is 4.90 Å². The summed E-state index contributed by atoms with van der Waals surface area (Å²) < 4.78 is 5.83.